The van der Waals surface area contributed by atoms with E-state index in [0.29, 0.717) is 42.7 Å². The van der Waals surface area contributed by atoms with Crippen molar-refractivity contribution in [1.82, 2.24) is 9.80 Å². The molecular formula is C26H30F3N3O2. The molecular weight excluding hydrogens is 443 g/mol. The van der Waals surface area contributed by atoms with Gasteiger partial charge >= 0.3 is 0 Å². The van der Waals surface area contributed by atoms with Crippen molar-refractivity contribution in [3.63, 3.8) is 0 Å². The normalized spacial score (nSPS) is 21.1. The summed E-state index contributed by atoms with van der Waals surface area (Å²) in [5.74, 6) is -3.91. The molecule has 0 aromatic heterocycles. The Labute approximate surface area is 197 Å². The molecule has 2 fully saturated rings. The van der Waals surface area contributed by atoms with Crippen molar-refractivity contribution in [2.45, 2.75) is 51.1 Å². The molecule has 0 unspecified atom stereocenters. The number of anilines is 1. The number of halogens is 3. The summed E-state index contributed by atoms with van der Waals surface area (Å²) in [4.78, 5) is 29.0. The van der Waals surface area contributed by atoms with E-state index in [1.54, 1.807) is 52.3 Å². The highest BCUT2D eigenvalue weighted by molar-refractivity contribution is 5.93. The standard InChI is InChI=1S/C26H30F3N3O2/c1-17(2)32-16-26(28,29)15-23(32)25(34)31-12-10-18(11-13-31)24(33)30-20-7-5-6-19(14-20)21-8-3-4-9-22(21)27/h3-9,14,17-18,23H,10-13,15-16H2,1-2H3,(H,30,33)/t23-/m0/s1. The fourth-order valence-corrected chi connectivity index (χ4v) is 4.89. The number of carbonyl (C=O) groups excluding carboxylic acids is 2. The number of carbonyl (C=O) groups is 2. The van der Waals surface area contributed by atoms with Gasteiger partial charge in [-0.25, -0.2) is 13.2 Å². The minimum Gasteiger partial charge on any atom is -0.341 e. The van der Waals surface area contributed by atoms with Gasteiger partial charge in [-0.15, -0.1) is 0 Å². The molecule has 34 heavy (non-hydrogen) atoms. The molecule has 1 atom stereocenters. The van der Waals surface area contributed by atoms with E-state index in [1.807, 2.05) is 13.8 Å². The molecule has 2 aliphatic heterocycles. The molecule has 182 valence electrons. The van der Waals surface area contributed by atoms with Gasteiger partial charge in [-0.2, -0.15) is 0 Å². The molecule has 2 heterocycles. The van der Waals surface area contributed by atoms with Crippen molar-refractivity contribution < 1.29 is 22.8 Å². The van der Waals surface area contributed by atoms with E-state index in [-0.39, 0.29) is 29.6 Å². The molecule has 8 heteroatoms. The summed E-state index contributed by atoms with van der Waals surface area (Å²) in [5, 5.41) is 2.90. The van der Waals surface area contributed by atoms with Crippen LogP contribution in [0.25, 0.3) is 11.1 Å². The summed E-state index contributed by atoms with van der Waals surface area (Å²) in [6.45, 7) is 3.96. The summed E-state index contributed by atoms with van der Waals surface area (Å²) in [6, 6.07) is 12.5. The number of hydrogen-bond donors (Lipinski definition) is 1. The van der Waals surface area contributed by atoms with Crippen LogP contribution in [0.3, 0.4) is 0 Å². The van der Waals surface area contributed by atoms with Crippen LogP contribution in [-0.2, 0) is 9.59 Å². The molecule has 2 amide bonds. The van der Waals surface area contributed by atoms with E-state index in [4.69, 9.17) is 0 Å². The van der Waals surface area contributed by atoms with Crippen LogP contribution in [0.15, 0.2) is 48.5 Å². The number of alkyl halides is 2. The molecule has 2 aromatic carbocycles. The van der Waals surface area contributed by atoms with Crippen LogP contribution in [0.1, 0.15) is 33.1 Å². The number of amides is 2. The summed E-state index contributed by atoms with van der Waals surface area (Å²) < 4.78 is 42.1. The minimum absolute atomic E-state index is 0.147. The highest BCUT2D eigenvalue weighted by Crippen LogP contribution is 2.35. The van der Waals surface area contributed by atoms with Gasteiger partial charge in [0.05, 0.1) is 12.6 Å². The Morgan fingerprint density at radius 3 is 2.44 bits per heavy atom. The van der Waals surface area contributed by atoms with Crippen LogP contribution < -0.4 is 5.32 Å². The van der Waals surface area contributed by atoms with E-state index < -0.39 is 24.9 Å². The molecule has 0 radical (unpaired) electrons. The van der Waals surface area contributed by atoms with Crippen LogP contribution in [-0.4, -0.2) is 59.3 Å². The van der Waals surface area contributed by atoms with Crippen molar-refractivity contribution in [3.05, 3.63) is 54.3 Å². The third-order valence-electron chi connectivity index (χ3n) is 6.75. The van der Waals surface area contributed by atoms with Gasteiger partial charge in [0, 0.05) is 42.7 Å². The Morgan fingerprint density at radius 2 is 1.76 bits per heavy atom. The second-order valence-corrected chi connectivity index (χ2v) is 9.49. The Kier molecular flexibility index (Phi) is 6.98. The number of nitrogens with zero attached hydrogens (tertiary/aromatic N) is 2. The van der Waals surface area contributed by atoms with Crippen LogP contribution in [0.2, 0.25) is 0 Å². The van der Waals surface area contributed by atoms with Gasteiger partial charge in [0.1, 0.15) is 5.82 Å². The molecule has 2 saturated heterocycles. The van der Waals surface area contributed by atoms with Gasteiger partial charge in [-0.3, -0.25) is 14.5 Å². The van der Waals surface area contributed by atoms with E-state index in [0.717, 1.165) is 0 Å². The van der Waals surface area contributed by atoms with Gasteiger partial charge in [0.25, 0.3) is 5.92 Å². The Bertz CT molecular complexity index is 1050. The lowest BCUT2D eigenvalue weighted by atomic mass is 9.95. The first-order valence-electron chi connectivity index (χ1n) is 11.7. The third kappa shape index (κ3) is 5.27. The van der Waals surface area contributed by atoms with Gasteiger partial charge < -0.3 is 10.2 Å². The van der Waals surface area contributed by atoms with E-state index in [2.05, 4.69) is 5.32 Å². The number of hydrogen-bond acceptors (Lipinski definition) is 3. The highest BCUT2D eigenvalue weighted by atomic mass is 19.3. The molecule has 1 N–H and O–H groups in total. The first-order chi connectivity index (χ1) is 16.1. The lowest BCUT2D eigenvalue weighted by Crippen LogP contribution is -2.50. The zero-order valence-electron chi connectivity index (χ0n) is 19.4. The number of piperidine rings is 1. The summed E-state index contributed by atoms with van der Waals surface area (Å²) in [5.41, 5.74) is 1.70. The average Bonchev–Trinajstić information content (AvgIpc) is 3.15. The maximum Gasteiger partial charge on any atom is 0.262 e. The third-order valence-corrected chi connectivity index (χ3v) is 6.75. The van der Waals surface area contributed by atoms with Crippen LogP contribution in [0, 0.1) is 11.7 Å². The van der Waals surface area contributed by atoms with Crippen molar-refractivity contribution >= 4 is 17.5 Å². The molecule has 0 bridgehead atoms. The average molecular weight is 474 g/mol. The Morgan fingerprint density at radius 1 is 1.06 bits per heavy atom. The van der Waals surface area contributed by atoms with Gasteiger partial charge in [-0.1, -0.05) is 30.3 Å². The Balaban J connectivity index is 1.35. The summed E-state index contributed by atoms with van der Waals surface area (Å²) in [6.07, 6.45) is 0.480. The maximum atomic E-state index is 14.1. The summed E-state index contributed by atoms with van der Waals surface area (Å²) in [7, 11) is 0. The first kappa shape index (κ1) is 24.3. The fraction of sp³-hybridized carbons (Fsp3) is 0.462. The quantitative estimate of drug-likeness (QED) is 0.680. The Hall–Kier alpha value is -2.87. The fourth-order valence-electron chi connectivity index (χ4n) is 4.89. The van der Waals surface area contributed by atoms with Crippen molar-refractivity contribution in [1.29, 1.82) is 0 Å². The number of rotatable bonds is 5. The molecule has 4 rings (SSSR count). The smallest absolute Gasteiger partial charge is 0.262 e. The van der Waals surface area contributed by atoms with E-state index in [9.17, 15) is 22.8 Å². The van der Waals surface area contributed by atoms with Crippen LogP contribution in [0.5, 0.6) is 0 Å². The number of likely N-dealkylation sites (tertiary alicyclic amines) is 2. The van der Waals surface area contributed by atoms with E-state index >= 15 is 0 Å². The highest BCUT2D eigenvalue weighted by Gasteiger charge is 2.50. The molecule has 2 aliphatic rings. The molecule has 0 saturated carbocycles. The number of nitrogens with one attached hydrogen (secondary N) is 1. The topological polar surface area (TPSA) is 52.7 Å². The molecule has 5 nitrogen and oxygen atoms in total. The monoisotopic (exact) mass is 473 g/mol. The van der Waals surface area contributed by atoms with Crippen LogP contribution >= 0.6 is 0 Å². The van der Waals surface area contributed by atoms with Gasteiger partial charge in [0.2, 0.25) is 11.8 Å². The zero-order valence-corrected chi connectivity index (χ0v) is 19.4. The summed E-state index contributed by atoms with van der Waals surface area (Å²) >= 11 is 0. The number of benzene rings is 2. The minimum atomic E-state index is -2.86. The van der Waals surface area contributed by atoms with E-state index in [1.165, 1.54) is 6.07 Å². The largest absolute Gasteiger partial charge is 0.341 e. The first-order valence-corrected chi connectivity index (χ1v) is 11.7. The predicted molar refractivity (Wildman–Crippen MR) is 125 cm³/mol. The molecule has 0 spiro atoms. The second-order valence-electron chi connectivity index (χ2n) is 9.49. The maximum absolute atomic E-state index is 14.1. The molecule has 2 aromatic rings. The van der Waals surface area contributed by atoms with Crippen LogP contribution in [0.4, 0.5) is 18.9 Å². The van der Waals surface area contributed by atoms with Crippen molar-refractivity contribution in [2.24, 2.45) is 5.92 Å². The molecule has 0 aliphatic carbocycles. The SMILES string of the molecule is CC(C)N1CC(F)(F)C[C@H]1C(=O)N1CCC(C(=O)Nc2cccc(-c3ccccc3F)c2)CC1. The lowest BCUT2D eigenvalue weighted by Gasteiger charge is -2.35. The van der Waals surface area contributed by atoms with Gasteiger partial charge in [-0.05, 0) is 50.5 Å². The van der Waals surface area contributed by atoms with Crippen molar-refractivity contribution in [2.75, 3.05) is 25.0 Å². The zero-order chi connectivity index (χ0) is 24.5. The predicted octanol–water partition coefficient (Wildman–Crippen LogP) is 4.79. The second kappa shape index (κ2) is 9.78. The van der Waals surface area contributed by atoms with Gasteiger partial charge in [0.15, 0.2) is 0 Å². The van der Waals surface area contributed by atoms with Crippen molar-refractivity contribution in [3.8, 4) is 11.1 Å². The lowest BCUT2D eigenvalue weighted by molar-refractivity contribution is -0.139.